The first-order valence-corrected chi connectivity index (χ1v) is 8.41. The summed E-state index contributed by atoms with van der Waals surface area (Å²) < 4.78 is 0. The van der Waals surface area contributed by atoms with E-state index < -0.39 is 0 Å². The molecule has 3 heteroatoms. The summed E-state index contributed by atoms with van der Waals surface area (Å²) in [6.07, 6.45) is 10.1. The minimum Gasteiger partial charge on any atom is -0.370 e. The number of anilines is 1. The number of aryl methyl sites for hydroxylation is 1. The molecular formula is C17H27N3. The van der Waals surface area contributed by atoms with Crippen molar-refractivity contribution in [1.29, 1.82) is 0 Å². The van der Waals surface area contributed by atoms with Crippen molar-refractivity contribution in [2.24, 2.45) is 5.92 Å². The summed E-state index contributed by atoms with van der Waals surface area (Å²) in [5.41, 5.74) is 2.74. The van der Waals surface area contributed by atoms with E-state index in [1.807, 2.05) is 0 Å². The number of aromatic nitrogens is 2. The Hall–Kier alpha value is -1.12. The van der Waals surface area contributed by atoms with E-state index in [0.29, 0.717) is 5.92 Å². The largest absolute Gasteiger partial charge is 0.370 e. The van der Waals surface area contributed by atoms with Crippen LogP contribution in [0.15, 0.2) is 0 Å². The minimum atomic E-state index is 0.593. The SMILES string of the molecule is CCNc1nc(C2CCC(C)C2)nc2c1CCCCC2. The molecule has 20 heavy (non-hydrogen) atoms. The van der Waals surface area contributed by atoms with Gasteiger partial charge in [-0.05, 0) is 57.8 Å². The summed E-state index contributed by atoms with van der Waals surface area (Å²) in [5.74, 6) is 3.68. The van der Waals surface area contributed by atoms with Crippen LogP contribution in [0.25, 0.3) is 0 Å². The third-order valence-electron chi connectivity index (χ3n) is 4.85. The topological polar surface area (TPSA) is 37.8 Å². The lowest BCUT2D eigenvalue weighted by atomic mass is 10.0. The van der Waals surface area contributed by atoms with Gasteiger partial charge in [-0.2, -0.15) is 0 Å². The Morgan fingerprint density at radius 2 is 1.95 bits per heavy atom. The lowest BCUT2D eigenvalue weighted by Gasteiger charge is -2.17. The zero-order valence-corrected chi connectivity index (χ0v) is 12.9. The zero-order valence-electron chi connectivity index (χ0n) is 12.9. The van der Waals surface area contributed by atoms with Crippen LogP contribution in [0.5, 0.6) is 0 Å². The molecule has 0 saturated heterocycles. The summed E-state index contributed by atoms with van der Waals surface area (Å²) >= 11 is 0. The molecule has 1 aromatic heterocycles. The molecule has 1 fully saturated rings. The fourth-order valence-corrected chi connectivity index (χ4v) is 3.73. The quantitative estimate of drug-likeness (QED) is 0.843. The van der Waals surface area contributed by atoms with Crippen molar-refractivity contribution in [3.05, 3.63) is 17.1 Å². The first-order chi connectivity index (χ1) is 9.78. The van der Waals surface area contributed by atoms with Crippen molar-refractivity contribution >= 4 is 5.82 Å². The smallest absolute Gasteiger partial charge is 0.134 e. The molecule has 2 unspecified atom stereocenters. The number of hydrogen-bond donors (Lipinski definition) is 1. The van der Waals surface area contributed by atoms with Crippen molar-refractivity contribution in [2.45, 2.75) is 71.1 Å². The van der Waals surface area contributed by atoms with Gasteiger partial charge in [-0.15, -0.1) is 0 Å². The van der Waals surface area contributed by atoms with Crippen LogP contribution in [0, 0.1) is 5.92 Å². The first-order valence-electron chi connectivity index (χ1n) is 8.41. The van der Waals surface area contributed by atoms with Gasteiger partial charge in [-0.3, -0.25) is 0 Å². The van der Waals surface area contributed by atoms with Gasteiger partial charge in [-0.1, -0.05) is 13.3 Å². The number of rotatable bonds is 3. The van der Waals surface area contributed by atoms with Gasteiger partial charge in [0.25, 0.3) is 0 Å². The van der Waals surface area contributed by atoms with E-state index in [-0.39, 0.29) is 0 Å². The monoisotopic (exact) mass is 273 g/mol. The molecule has 0 aromatic carbocycles. The highest BCUT2D eigenvalue weighted by molar-refractivity contribution is 5.47. The van der Waals surface area contributed by atoms with E-state index in [0.717, 1.165) is 36.9 Å². The van der Waals surface area contributed by atoms with Gasteiger partial charge in [0.15, 0.2) is 0 Å². The fraction of sp³-hybridized carbons (Fsp3) is 0.765. The van der Waals surface area contributed by atoms with E-state index in [1.54, 1.807) is 0 Å². The van der Waals surface area contributed by atoms with Gasteiger partial charge in [-0.25, -0.2) is 9.97 Å². The molecular weight excluding hydrogens is 246 g/mol. The Bertz CT molecular complexity index is 470. The molecule has 0 spiro atoms. The van der Waals surface area contributed by atoms with Gasteiger partial charge >= 0.3 is 0 Å². The molecule has 0 amide bonds. The van der Waals surface area contributed by atoms with Crippen LogP contribution in [-0.2, 0) is 12.8 Å². The Labute approximate surface area is 122 Å². The molecule has 2 atom stereocenters. The van der Waals surface area contributed by atoms with Gasteiger partial charge in [0.05, 0.1) is 0 Å². The van der Waals surface area contributed by atoms with Crippen LogP contribution in [0.4, 0.5) is 5.82 Å². The molecule has 2 aliphatic carbocycles. The molecule has 1 heterocycles. The third kappa shape index (κ3) is 2.82. The fourth-order valence-electron chi connectivity index (χ4n) is 3.73. The summed E-state index contributed by atoms with van der Waals surface area (Å²) in [6.45, 7) is 5.46. The van der Waals surface area contributed by atoms with Gasteiger partial charge in [0.2, 0.25) is 0 Å². The van der Waals surface area contributed by atoms with Crippen molar-refractivity contribution < 1.29 is 0 Å². The predicted octanol–water partition coefficient (Wildman–Crippen LogP) is 4.08. The molecule has 0 radical (unpaired) electrons. The lowest BCUT2D eigenvalue weighted by molar-refractivity contribution is 0.583. The molecule has 0 aliphatic heterocycles. The van der Waals surface area contributed by atoms with Crippen molar-refractivity contribution in [3.63, 3.8) is 0 Å². The molecule has 3 rings (SSSR count). The van der Waals surface area contributed by atoms with Crippen molar-refractivity contribution in [3.8, 4) is 0 Å². The van der Waals surface area contributed by atoms with E-state index in [1.165, 1.54) is 49.8 Å². The van der Waals surface area contributed by atoms with Crippen molar-refractivity contribution in [1.82, 2.24) is 9.97 Å². The number of nitrogens with zero attached hydrogens (tertiary/aromatic N) is 2. The highest BCUT2D eigenvalue weighted by atomic mass is 15.0. The van der Waals surface area contributed by atoms with Crippen LogP contribution in [0.3, 0.4) is 0 Å². The average molecular weight is 273 g/mol. The summed E-state index contributed by atoms with van der Waals surface area (Å²) in [4.78, 5) is 9.89. The predicted molar refractivity (Wildman–Crippen MR) is 83.2 cm³/mol. The zero-order chi connectivity index (χ0) is 13.9. The second-order valence-corrected chi connectivity index (χ2v) is 6.56. The van der Waals surface area contributed by atoms with Crippen LogP contribution in [0.1, 0.15) is 75.4 Å². The van der Waals surface area contributed by atoms with Crippen molar-refractivity contribution in [2.75, 3.05) is 11.9 Å². The van der Waals surface area contributed by atoms with E-state index in [2.05, 4.69) is 19.2 Å². The van der Waals surface area contributed by atoms with E-state index >= 15 is 0 Å². The second-order valence-electron chi connectivity index (χ2n) is 6.56. The van der Waals surface area contributed by atoms with E-state index in [9.17, 15) is 0 Å². The van der Waals surface area contributed by atoms with Gasteiger partial charge in [0, 0.05) is 23.7 Å². The van der Waals surface area contributed by atoms with Crippen LogP contribution in [-0.4, -0.2) is 16.5 Å². The maximum atomic E-state index is 4.98. The molecule has 1 aromatic rings. The average Bonchev–Trinajstić information content (AvgIpc) is 2.73. The standard InChI is InChI=1S/C17H27N3/c1-3-18-17-14-7-5-4-6-8-15(14)19-16(20-17)13-10-9-12(2)11-13/h12-13H,3-11H2,1-2H3,(H,18,19,20). The number of hydrogen-bond acceptors (Lipinski definition) is 3. The van der Waals surface area contributed by atoms with Crippen LogP contribution in [0.2, 0.25) is 0 Å². The number of fused-ring (bicyclic) bond motifs is 1. The number of nitrogens with one attached hydrogen (secondary N) is 1. The molecule has 3 nitrogen and oxygen atoms in total. The lowest BCUT2D eigenvalue weighted by Crippen LogP contribution is -2.12. The Morgan fingerprint density at radius 3 is 2.70 bits per heavy atom. The maximum Gasteiger partial charge on any atom is 0.134 e. The van der Waals surface area contributed by atoms with E-state index in [4.69, 9.17) is 9.97 Å². The molecule has 110 valence electrons. The first kappa shape index (κ1) is 13.8. The van der Waals surface area contributed by atoms with Crippen LogP contribution < -0.4 is 5.32 Å². The Morgan fingerprint density at radius 1 is 1.10 bits per heavy atom. The summed E-state index contributed by atoms with van der Waals surface area (Å²) in [6, 6.07) is 0. The maximum absolute atomic E-state index is 4.98. The highest BCUT2D eigenvalue weighted by Gasteiger charge is 2.27. The minimum absolute atomic E-state index is 0.593. The third-order valence-corrected chi connectivity index (χ3v) is 4.85. The highest BCUT2D eigenvalue weighted by Crippen LogP contribution is 2.37. The molecule has 2 aliphatic rings. The summed E-state index contributed by atoms with van der Waals surface area (Å²) in [5, 5.41) is 3.49. The normalized spacial score (nSPS) is 26.1. The Kier molecular flexibility index (Phi) is 4.23. The molecule has 0 bridgehead atoms. The molecule has 1 N–H and O–H groups in total. The molecule has 1 saturated carbocycles. The van der Waals surface area contributed by atoms with Gasteiger partial charge < -0.3 is 5.32 Å². The summed E-state index contributed by atoms with van der Waals surface area (Å²) in [7, 11) is 0. The second kappa shape index (κ2) is 6.11. The van der Waals surface area contributed by atoms with Crippen LogP contribution >= 0.6 is 0 Å². The van der Waals surface area contributed by atoms with Gasteiger partial charge in [0.1, 0.15) is 11.6 Å². The Balaban J connectivity index is 1.95.